The van der Waals surface area contributed by atoms with E-state index in [4.69, 9.17) is 4.74 Å². The van der Waals surface area contributed by atoms with Crippen LogP contribution in [0.3, 0.4) is 0 Å². The average molecular weight is 264 g/mol. The summed E-state index contributed by atoms with van der Waals surface area (Å²) in [5.41, 5.74) is 0.383. The zero-order valence-electron chi connectivity index (χ0n) is 11.9. The Morgan fingerprint density at radius 1 is 1.32 bits per heavy atom. The van der Waals surface area contributed by atoms with Crippen molar-refractivity contribution in [3.05, 3.63) is 18.1 Å². The number of aryl methyl sites for hydroxylation is 1. The molecule has 0 unspecified atom stereocenters. The van der Waals surface area contributed by atoms with E-state index in [2.05, 4.69) is 9.97 Å². The van der Waals surface area contributed by atoms with Crippen LogP contribution < -0.4 is 5.01 Å². The lowest BCUT2D eigenvalue weighted by Gasteiger charge is -2.31. The number of carbonyl (C=O) groups is 1. The van der Waals surface area contributed by atoms with E-state index < -0.39 is 5.60 Å². The normalized spacial score (nSPS) is 15.8. The average Bonchev–Trinajstić information content (AvgIpc) is 2.75. The molecule has 1 aromatic heterocycles. The first-order valence-electron chi connectivity index (χ1n) is 6.43. The summed E-state index contributed by atoms with van der Waals surface area (Å²) in [4.78, 5) is 20.4. The Kier molecular flexibility index (Phi) is 3.59. The van der Waals surface area contributed by atoms with Crippen LogP contribution in [0.15, 0.2) is 12.4 Å². The fraction of sp³-hybridized carbons (Fsp3) is 0.615. The van der Waals surface area contributed by atoms with Gasteiger partial charge in [-0.1, -0.05) is 0 Å². The van der Waals surface area contributed by atoms with Gasteiger partial charge in [-0.3, -0.25) is 5.01 Å². The molecular formula is C13H20N4O2. The smallest absolute Gasteiger partial charge is 0.429 e. The molecule has 1 fully saturated rings. The van der Waals surface area contributed by atoms with Gasteiger partial charge >= 0.3 is 6.09 Å². The highest BCUT2D eigenvalue weighted by Gasteiger charge is 2.31. The van der Waals surface area contributed by atoms with Gasteiger partial charge < -0.3 is 4.74 Å². The second-order valence-electron chi connectivity index (χ2n) is 5.60. The fourth-order valence-electron chi connectivity index (χ4n) is 1.94. The molecule has 1 saturated heterocycles. The molecule has 1 aliphatic rings. The van der Waals surface area contributed by atoms with Crippen LogP contribution in [0.2, 0.25) is 0 Å². The lowest BCUT2D eigenvalue weighted by Crippen LogP contribution is -2.44. The first-order valence-corrected chi connectivity index (χ1v) is 6.43. The van der Waals surface area contributed by atoms with E-state index in [1.807, 2.05) is 38.8 Å². The van der Waals surface area contributed by atoms with Crippen molar-refractivity contribution < 1.29 is 9.53 Å². The maximum absolute atomic E-state index is 12.1. The summed E-state index contributed by atoms with van der Waals surface area (Å²) in [6.07, 6.45) is 2.08. The van der Waals surface area contributed by atoms with Gasteiger partial charge in [0.2, 0.25) is 0 Å². The van der Waals surface area contributed by atoms with Gasteiger partial charge in [-0.2, -0.15) is 0 Å². The zero-order chi connectivity index (χ0) is 14.0. The van der Waals surface area contributed by atoms with Crippen molar-refractivity contribution in [2.45, 2.75) is 39.7 Å². The van der Waals surface area contributed by atoms with Gasteiger partial charge in [-0.25, -0.2) is 19.8 Å². The van der Waals surface area contributed by atoms with Gasteiger partial charge in [0.05, 0.1) is 0 Å². The predicted molar refractivity (Wildman–Crippen MR) is 71.7 cm³/mol. The highest BCUT2D eigenvalue weighted by Crippen LogP contribution is 2.21. The third-order valence-electron chi connectivity index (χ3n) is 2.69. The fourth-order valence-corrected chi connectivity index (χ4v) is 1.94. The molecule has 0 aromatic carbocycles. The molecule has 1 aliphatic heterocycles. The lowest BCUT2D eigenvalue weighted by atomic mass is 10.2. The minimum atomic E-state index is -0.493. The maximum atomic E-state index is 12.1. The number of amides is 1. The van der Waals surface area contributed by atoms with Crippen molar-refractivity contribution in [2.75, 3.05) is 18.1 Å². The van der Waals surface area contributed by atoms with Gasteiger partial charge in [-0.15, -0.1) is 0 Å². The lowest BCUT2D eigenvalue weighted by molar-refractivity contribution is 0.0272. The predicted octanol–water partition coefficient (Wildman–Crippen LogP) is 2.15. The molecule has 0 aliphatic carbocycles. The molecule has 104 valence electrons. The molecule has 0 N–H and O–H groups in total. The van der Waals surface area contributed by atoms with Crippen LogP contribution >= 0.6 is 0 Å². The summed E-state index contributed by atoms with van der Waals surface area (Å²) >= 11 is 0. The first-order chi connectivity index (χ1) is 8.87. The number of hydrogen-bond donors (Lipinski definition) is 0. The van der Waals surface area contributed by atoms with Crippen LogP contribution in [0, 0.1) is 6.92 Å². The van der Waals surface area contributed by atoms with Gasteiger partial charge in [-0.05, 0) is 34.1 Å². The monoisotopic (exact) mass is 264 g/mol. The van der Waals surface area contributed by atoms with Crippen LogP contribution in [0.1, 0.15) is 32.9 Å². The van der Waals surface area contributed by atoms with E-state index in [9.17, 15) is 4.79 Å². The molecule has 19 heavy (non-hydrogen) atoms. The number of ether oxygens (including phenoxy) is 1. The molecule has 0 spiro atoms. The summed E-state index contributed by atoms with van der Waals surface area (Å²) in [6.45, 7) is 8.90. The van der Waals surface area contributed by atoms with Crippen molar-refractivity contribution in [3.63, 3.8) is 0 Å². The Morgan fingerprint density at radius 3 is 2.68 bits per heavy atom. The number of anilines is 1. The summed E-state index contributed by atoms with van der Waals surface area (Å²) < 4.78 is 5.41. The molecule has 6 nitrogen and oxygen atoms in total. The van der Waals surface area contributed by atoms with Crippen LogP contribution in [0.5, 0.6) is 0 Å². The van der Waals surface area contributed by atoms with E-state index in [0.717, 1.165) is 24.5 Å². The second kappa shape index (κ2) is 5.03. The van der Waals surface area contributed by atoms with E-state index in [1.54, 1.807) is 5.01 Å². The number of hydrazine groups is 1. The van der Waals surface area contributed by atoms with Crippen molar-refractivity contribution in [3.8, 4) is 0 Å². The molecule has 0 saturated carbocycles. The minimum Gasteiger partial charge on any atom is -0.442 e. The van der Waals surface area contributed by atoms with Gasteiger partial charge in [0.15, 0.2) is 5.82 Å². The number of carbonyl (C=O) groups excluding carboxylic acids is 1. The van der Waals surface area contributed by atoms with Crippen LogP contribution in [-0.2, 0) is 4.74 Å². The zero-order valence-corrected chi connectivity index (χ0v) is 11.9. The standard InChI is InChI=1S/C13H20N4O2/c1-10-8-11(15-9-14-10)16-6-5-7-17(16)12(18)19-13(2,3)4/h8-9H,5-7H2,1-4H3. The minimum absolute atomic E-state index is 0.332. The van der Waals surface area contributed by atoms with Crippen LogP contribution in [0.4, 0.5) is 10.6 Å². The third-order valence-corrected chi connectivity index (χ3v) is 2.69. The highest BCUT2D eigenvalue weighted by atomic mass is 16.6. The van der Waals surface area contributed by atoms with E-state index in [0.29, 0.717) is 6.54 Å². The van der Waals surface area contributed by atoms with E-state index in [1.165, 1.54) is 6.33 Å². The maximum Gasteiger partial charge on any atom is 0.429 e. The van der Waals surface area contributed by atoms with Gasteiger partial charge in [0.25, 0.3) is 0 Å². The first kappa shape index (κ1) is 13.6. The van der Waals surface area contributed by atoms with Gasteiger partial charge in [0, 0.05) is 24.8 Å². The Labute approximate surface area is 113 Å². The largest absolute Gasteiger partial charge is 0.442 e. The van der Waals surface area contributed by atoms with E-state index in [-0.39, 0.29) is 6.09 Å². The van der Waals surface area contributed by atoms with Gasteiger partial charge in [0.1, 0.15) is 11.9 Å². The Balaban J connectivity index is 2.15. The Hall–Kier alpha value is -1.85. The van der Waals surface area contributed by atoms with Crippen molar-refractivity contribution in [1.29, 1.82) is 0 Å². The summed E-state index contributed by atoms with van der Waals surface area (Å²) in [7, 11) is 0. The summed E-state index contributed by atoms with van der Waals surface area (Å²) in [5.74, 6) is 0.732. The molecule has 0 bridgehead atoms. The van der Waals surface area contributed by atoms with Crippen molar-refractivity contribution in [2.24, 2.45) is 0 Å². The van der Waals surface area contributed by atoms with Crippen LogP contribution in [-0.4, -0.2) is 39.8 Å². The molecule has 6 heteroatoms. The molecule has 1 aromatic rings. The van der Waals surface area contributed by atoms with Crippen LogP contribution in [0.25, 0.3) is 0 Å². The third kappa shape index (κ3) is 3.33. The number of hydrogen-bond acceptors (Lipinski definition) is 5. The van der Waals surface area contributed by atoms with Crippen molar-refractivity contribution >= 4 is 11.9 Å². The molecule has 2 rings (SSSR count). The molecule has 1 amide bonds. The van der Waals surface area contributed by atoms with Crippen molar-refractivity contribution in [1.82, 2.24) is 15.0 Å². The SMILES string of the molecule is Cc1cc(N2CCCN2C(=O)OC(C)(C)C)ncn1. The molecule has 2 heterocycles. The molecule has 0 radical (unpaired) electrons. The molecular weight excluding hydrogens is 244 g/mol. The topological polar surface area (TPSA) is 58.6 Å². The quantitative estimate of drug-likeness (QED) is 0.778. The number of rotatable bonds is 1. The van der Waals surface area contributed by atoms with E-state index >= 15 is 0 Å². The highest BCUT2D eigenvalue weighted by molar-refractivity contribution is 5.71. The molecule has 0 atom stereocenters. The second-order valence-corrected chi connectivity index (χ2v) is 5.60. The summed E-state index contributed by atoms with van der Waals surface area (Å²) in [5, 5.41) is 3.45. The number of nitrogens with zero attached hydrogens (tertiary/aromatic N) is 4. The number of aromatic nitrogens is 2. The Bertz CT molecular complexity index is 470. The Morgan fingerprint density at radius 2 is 2.05 bits per heavy atom. The summed E-state index contributed by atoms with van der Waals surface area (Å²) in [6, 6.07) is 1.86.